The topological polar surface area (TPSA) is 131 Å². The first-order valence-electron chi connectivity index (χ1n) is 19.7. The van der Waals surface area contributed by atoms with E-state index in [1.54, 1.807) is 6.08 Å². The summed E-state index contributed by atoms with van der Waals surface area (Å²) in [6.45, 7) is 3.93. The van der Waals surface area contributed by atoms with Crippen molar-refractivity contribution in [2.24, 2.45) is 5.73 Å². The summed E-state index contributed by atoms with van der Waals surface area (Å²) in [4.78, 5) is 22.6. The summed E-state index contributed by atoms with van der Waals surface area (Å²) in [6, 6.07) is -0.877. The van der Waals surface area contributed by atoms with Gasteiger partial charge in [-0.2, -0.15) is 0 Å². The van der Waals surface area contributed by atoms with Gasteiger partial charge in [-0.25, -0.2) is 4.57 Å². The van der Waals surface area contributed by atoms with Crippen LogP contribution in [0.4, 0.5) is 0 Å². The minimum atomic E-state index is -4.34. The van der Waals surface area contributed by atoms with Gasteiger partial charge in [0, 0.05) is 13.0 Å². The van der Waals surface area contributed by atoms with Gasteiger partial charge in [0.2, 0.25) is 5.91 Å². The van der Waals surface area contributed by atoms with Crippen LogP contribution >= 0.6 is 7.82 Å². The van der Waals surface area contributed by atoms with Crippen LogP contribution in [0.15, 0.2) is 85.1 Å². The molecule has 3 unspecified atom stereocenters. The molecule has 0 saturated carbocycles. The van der Waals surface area contributed by atoms with E-state index in [1.807, 2.05) is 6.08 Å². The van der Waals surface area contributed by atoms with Crippen molar-refractivity contribution in [1.29, 1.82) is 0 Å². The normalized spacial score (nSPS) is 15.2. The standard InChI is InChI=1S/C42H73N2O6P/c1-3-5-7-9-11-13-14-15-16-17-18-19-20-21-22-23-24-25-26-28-30-32-34-36-42(46)44-40(39-50-51(47,48)49-38-37-43)41(45)35-33-31-29-27-12-10-8-6-4-2/h5,7,11,13,15-16,18-19,21-22,24-25,33,35,40-41,45H,3-4,6,8-10,12,14,17,20,23,26-32,34,36-39,43H2,1-2H3,(H,44,46)(H,47,48)/b7-5-,13-11-,16-15-,19-18-,22-21-,25-24-,35-33+. The Labute approximate surface area is 311 Å². The second-order valence-corrected chi connectivity index (χ2v) is 14.2. The third kappa shape index (κ3) is 35.9. The number of hydrogen-bond acceptors (Lipinski definition) is 6. The Hall–Kier alpha value is -2.32. The lowest BCUT2D eigenvalue weighted by Gasteiger charge is -2.23. The molecular weight excluding hydrogens is 659 g/mol. The van der Waals surface area contributed by atoms with E-state index in [1.165, 1.54) is 32.1 Å². The minimum absolute atomic E-state index is 0.0689. The molecular formula is C42H73N2O6P. The molecule has 0 rings (SSSR count). The fourth-order valence-electron chi connectivity index (χ4n) is 5.01. The molecule has 9 heteroatoms. The summed E-state index contributed by atoms with van der Waals surface area (Å²) < 4.78 is 22.0. The van der Waals surface area contributed by atoms with Crippen molar-refractivity contribution >= 4 is 13.7 Å². The number of aliphatic hydroxyl groups excluding tert-OH is 1. The van der Waals surface area contributed by atoms with E-state index in [9.17, 15) is 19.4 Å². The third-order valence-corrected chi connectivity index (χ3v) is 8.96. The maximum absolute atomic E-state index is 12.7. The van der Waals surface area contributed by atoms with Crippen LogP contribution in [-0.2, 0) is 18.4 Å². The molecule has 0 aliphatic rings. The highest BCUT2D eigenvalue weighted by atomic mass is 31.2. The molecule has 292 valence electrons. The number of carbonyl (C=O) groups excluding carboxylic acids is 1. The second-order valence-electron chi connectivity index (χ2n) is 12.8. The van der Waals surface area contributed by atoms with Gasteiger partial charge in [-0.05, 0) is 70.6 Å². The van der Waals surface area contributed by atoms with Crippen LogP contribution in [0.25, 0.3) is 0 Å². The highest BCUT2D eigenvalue weighted by Gasteiger charge is 2.26. The Morgan fingerprint density at radius 3 is 1.67 bits per heavy atom. The Kier molecular flexibility index (Phi) is 35.7. The van der Waals surface area contributed by atoms with Crippen LogP contribution in [-0.4, -0.2) is 47.8 Å². The Balaban J connectivity index is 4.26. The number of hydrogen-bond donors (Lipinski definition) is 4. The predicted octanol–water partition coefficient (Wildman–Crippen LogP) is 10.7. The molecule has 0 aromatic carbocycles. The van der Waals surface area contributed by atoms with Gasteiger partial charge in [-0.15, -0.1) is 0 Å². The number of allylic oxidation sites excluding steroid dienone is 13. The van der Waals surface area contributed by atoms with E-state index < -0.39 is 20.0 Å². The highest BCUT2D eigenvalue weighted by Crippen LogP contribution is 2.43. The van der Waals surface area contributed by atoms with Gasteiger partial charge >= 0.3 is 7.82 Å². The van der Waals surface area contributed by atoms with Crippen molar-refractivity contribution in [2.45, 2.75) is 154 Å². The zero-order valence-electron chi connectivity index (χ0n) is 32.1. The number of aliphatic hydroxyl groups is 1. The zero-order chi connectivity index (χ0) is 37.5. The molecule has 8 nitrogen and oxygen atoms in total. The van der Waals surface area contributed by atoms with Crippen molar-refractivity contribution in [3.05, 3.63) is 85.1 Å². The fourth-order valence-corrected chi connectivity index (χ4v) is 5.77. The molecule has 0 aliphatic carbocycles. The average molecular weight is 733 g/mol. The van der Waals surface area contributed by atoms with Crippen LogP contribution in [0.5, 0.6) is 0 Å². The third-order valence-electron chi connectivity index (χ3n) is 7.98. The molecule has 0 spiro atoms. The number of phosphoric acid groups is 1. The van der Waals surface area contributed by atoms with Crippen molar-refractivity contribution in [1.82, 2.24) is 5.32 Å². The van der Waals surface area contributed by atoms with Crippen LogP contribution < -0.4 is 11.1 Å². The first kappa shape index (κ1) is 48.7. The summed E-state index contributed by atoms with van der Waals surface area (Å²) in [5.74, 6) is -0.226. The second kappa shape index (κ2) is 37.4. The minimum Gasteiger partial charge on any atom is -0.387 e. The molecule has 0 bridgehead atoms. The van der Waals surface area contributed by atoms with Crippen LogP contribution in [0, 0.1) is 0 Å². The molecule has 0 aromatic heterocycles. The summed E-state index contributed by atoms with van der Waals surface area (Å²) in [5.41, 5.74) is 5.35. The number of amides is 1. The fraction of sp³-hybridized carbons (Fsp3) is 0.643. The first-order chi connectivity index (χ1) is 24.9. The van der Waals surface area contributed by atoms with E-state index >= 15 is 0 Å². The Bertz CT molecular complexity index is 1070. The molecule has 0 aliphatic heterocycles. The maximum atomic E-state index is 12.7. The van der Waals surface area contributed by atoms with Crippen LogP contribution in [0.3, 0.4) is 0 Å². The zero-order valence-corrected chi connectivity index (χ0v) is 32.9. The molecule has 0 heterocycles. The van der Waals surface area contributed by atoms with E-state index in [4.69, 9.17) is 14.8 Å². The van der Waals surface area contributed by atoms with Crippen molar-refractivity contribution < 1.29 is 28.4 Å². The summed E-state index contributed by atoms with van der Waals surface area (Å²) in [5, 5.41) is 13.5. The number of carbonyl (C=O) groups is 1. The lowest BCUT2D eigenvalue weighted by molar-refractivity contribution is -0.123. The number of phosphoric ester groups is 1. The Morgan fingerprint density at radius 2 is 1.14 bits per heavy atom. The van der Waals surface area contributed by atoms with Gasteiger partial charge in [0.05, 0.1) is 25.4 Å². The first-order valence-corrected chi connectivity index (χ1v) is 21.2. The van der Waals surface area contributed by atoms with Crippen LogP contribution in [0.2, 0.25) is 0 Å². The predicted molar refractivity (Wildman–Crippen MR) is 216 cm³/mol. The Morgan fingerprint density at radius 1 is 0.667 bits per heavy atom. The lowest BCUT2D eigenvalue weighted by Crippen LogP contribution is -2.45. The van der Waals surface area contributed by atoms with E-state index in [0.717, 1.165) is 89.9 Å². The number of nitrogens with two attached hydrogens (primary N) is 1. The number of unbranched alkanes of at least 4 members (excludes halogenated alkanes) is 11. The van der Waals surface area contributed by atoms with E-state index in [2.05, 4.69) is 92.1 Å². The number of nitrogens with one attached hydrogen (secondary N) is 1. The molecule has 1 amide bonds. The molecule has 5 N–H and O–H groups in total. The molecule has 0 radical (unpaired) electrons. The largest absolute Gasteiger partial charge is 0.472 e. The monoisotopic (exact) mass is 733 g/mol. The summed E-state index contributed by atoms with van der Waals surface area (Å²) >= 11 is 0. The van der Waals surface area contributed by atoms with E-state index in [0.29, 0.717) is 6.42 Å². The highest BCUT2D eigenvalue weighted by molar-refractivity contribution is 7.47. The van der Waals surface area contributed by atoms with Gasteiger partial charge in [-0.1, -0.05) is 150 Å². The SMILES string of the molecule is CC/C=C\C/C=C\C/C=C\C/C=C\C/C=C\C/C=C\CCCCCCC(=O)NC(COP(=O)(O)OCCN)C(O)/C=C/CCCCCCCCC. The van der Waals surface area contributed by atoms with Gasteiger partial charge in [0.1, 0.15) is 0 Å². The van der Waals surface area contributed by atoms with E-state index in [-0.39, 0.29) is 25.7 Å². The van der Waals surface area contributed by atoms with Crippen molar-refractivity contribution in [3.8, 4) is 0 Å². The van der Waals surface area contributed by atoms with Crippen LogP contribution in [0.1, 0.15) is 142 Å². The molecule has 51 heavy (non-hydrogen) atoms. The quantitative estimate of drug-likeness (QED) is 0.0290. The number of rotatable bonds is 35. The van der Waals surface area contributed by atoms with Gasteiger partial charge in [-0.3, -0.25) is 13.8 Å². The smallest absolute Gasteiger partial charge is 0.387 e. The molecule has 0 aromatic rings. The van der Waals surface area contributed by atoms with Crippen molar-refractivity contribution in [2.75, 3.05) is 19.8 Å². The molecule has 3 atom stereocenters. The summed E-state index contributed by atoms with van der Waals surface area (Å²) in [6.07, 6.45) is 49.2. The van der Waals surface area contributed by atoms with Gasteiger partial charge in [0.15, 0.2) is 0 Å². The average Bonchev–Trinajstić information content (AvgIpc) is 3.12. The van der Waals surface area contributed by atoms with Gasteiger partial charge in [0.25, 0.3) is 0 Å². The maximum Gasteiger partial charge on any atom is 0.472 e. The molecule has 0 saturated heterocycles. The molecule has 0 fully saturated rings. The van der Waals surface area contributed by atoms with Crippen molar-refractivity contribution in [3.63, 3.8) is 0 Å². The van der Waals surface area contributed by atoms with Gasteiger partial charge < -0.3 is 21.1 Å². The summed E-state index contributed by atoms with van der Waals surface area (Å²) in [7, 11) is -4.34. The lowest BCUT2D eigenvalue weighted by atomic mass is 10.1.